The third kappa shape index (κ3) is 4.23. The van der Waals surface area contributed by atoms with Crippen LogP contribution in [0.2, 0.25) is 0 Å². The molecule has 0 saturated carbocycles. The molecule has 2 heterocycles. The van der Waals surface area contributed by atoms with Crippen LogP contribution in [0.3, 0.4) is 0 Å². The van der Waals surface area contributed by atoms with Gasteiger partial charge in [-0.2, -0.15) is 4.31 Å². The van der Waals surface area contributed by atoms with Gasteiger partial charge < -0.3 is 14.6 Å². The van der Waals surface area contributed by atoms with Crippen molar-refractivity contribution in [1.82, 2.24) is 8.87 Å². The second-order valence-electron chi connectivity index (χ2n) is 7.09. The van der Waals surface area contributed by atoms with Gasteiger partial charge in [0, 0.05) is 26.3 Å². The van der Waals surface area contributed by atoms with Crippen LogP contribution < -0.4 is 10.1 Å². The van der Waals surface area contributed by atoms with Crippen LogP contribution in [0.15, 0.2) is 35.4 Å². The van der Waals surface area contributed by atoms with Crippen LogP contribution >= 0.6 is 0 Å². The molecular weight excluding hydrogens is 378 g/mol. The Kier molecular flexibility index (Phi) is 6.10. The van der Waals surface area contributed by atoms with E-state index in [0.717, 1.165) is 24.8 Å². The molecule has 3 rings (SSSR count). The zero-order chi connectivity index (χ0) is 20.3. The number of nitrogens with one attached hydrogen (secondary N) is 1. The molecule has 152 valence electrons. The van der Waals surface area contributed by atoms with Crippen molar-refractivity contribution < 1.29 is 17.9 Å². The van der Waals surface area contributed by atoms with Crippen molar-refractivity contribution in [2.75, 3.05) is 25.0 Å². The molecule has 1 N–H and O–H groups in total. The van der Waals surface area contributed by atoms with Gasteiger partial charge in [-0.3, -0.25) is 4.79 Å². The van der Waals surface area contributed by atoms with Gasteiger partial charge in [0.05, 0.1) is 12.3 Å². The maximum Gasteiger partial charge on any atom is 0.272 e. The number of rotatable bonds is 7. The normalized spacial score (nSPS) is 15.0. The van der Waals surface area contributed by atoms with Crippen molar-refractivity contribution in [2.45, 2.75) is 38.0 Å². The monoisotopic (exact) mass is 405 g/mol. The molecule has 1 aromatic heterocycles. The molecule has 2 aromatic rings. The van der Waals surface area contributed by atoms with Crippen molar-refractivity contribution in [1.29, 1.82) is 0 Å². The van der Waals surface area contributed by atoms with Crippen LogP contribution in [0.5, 0.6) is 5.75 Å². The van der Waals surface area contributed by atoms with Gasteiger partial charge in [0.1, 0.15) is 16.3 Å². The number of hydrogen-bond acceptors (Lipinski definition) is 4. The minimum absolute atomic E-state index is 0.147. The Morgan fingerprint density at radius 1 is 1.21 bits per heavy atom. The summed E-state index contributed by atoms with van der Waals surface area (Å²) in [5, 5.41) is 2.84. The number of carbonyl (C=O) groups is 1. The Morgan fingerprint density at radius 3 is 2.61 bits per heavy atom. The van der Waals surface area contributed by atoms with Crippen molar-refractivity contribution in [2.24, 2.45) is 7.05 Å². The lowest BCUT2D eigenvalue weighted by Gasteiger charge is -2.13. The molecule has 0 aliphatic carbocycles. The Morgan fingerprint density at radius 2 is 1.93 bits per heavy atom. The fraction of sp³-hybridized carbons (Fsp3) is 0.450. The lowest BCUT2D eigenvalue weighted by Crippen LogP contribution is -2.27. The highest BCUT2D eigenvalue weighted by molar-refractivity contribution is 7.89. The number of sulfonamides is 1. The van der Waals surface area contributed by atoms with E-state index in [1.165, 1.54) is 16.6 Å². The van der Waals surface area contributed by atoms with Crippen molar-refractivity contribution in [3.8, 4) is 5.75 Å². The Bertz CT molecular complexity index is 960. The number of nitrogens with zero attached hydrogens (tertiary/aromatic N) is 2. The number of benzene rings is 1. The minimum atomic E-state index is -3.56. The molecule has 28 heavy (non-hydrogen) atoms. The van der Waals surface area contributed by atoms with Gasteiger partial charge in [-0.1, -0.05) is 13.0 Å². The SMILES string of the molecule is CCCOc1cc(C)ccc1NC(=O)c1cc(S(=O)(=O)N2CCCC2)cn1C. The predicted octanol–water partition coefficient (Wildman–Crippen LogP) is 3.16. The van der Waals surface area contributed by atoms with Crippen molar-refractivity contribution >= 4 is 21.6 Å². The quantitative estimate of drug-likeness (QED) is 0.767. The standard InChI is InChI=1S/C20H27N3O4S/c1-4-11-27-19-12-15(2)7-8-17(19)21-20(24)18-13-16(14-22(18)3)28(25,26)23-9-5-6-10-23/h7-8,12-14H,4-6,9-11H2,1-3H3,(H,21,24). The maximum atomic E-state index is 12.8. The summed E-state index contributed by atoms with van der Waals surface area (Å²) in [5.74, 6) is 0.227. The van der Waals surface area contributed by atoms with E-state index in [0.29, 0.717) is 31.1 Å². The van der Waals surface area contributed by atoms with Gasteiger partial charge in [-0.25, -0.2) is 8.42 Å². The van der Waals surface area contributed by atoms with Crippen LogP contribution in [0.1, 0.15) is 42.2 Å². The van der Waals surface area contributed by atoms with Gasteiger partial charge in [0.25, 0.3) is 5.91 Å². The first-order valence-corrected chi connectivity index (χ1v) is 11.0. The Labute approximate surface area is 166 Å². The van der Waals surface area contributed by atoms with Crippen LogP contribution in [-0.4, -0.2) is 42.9 Å². The molecule has 1 amide bonds. The molecular formula is C20H27N3O4S. The lowest BCUT2D eigenvalue weighted by molar-refractivity contribution is 0.101. The van der Waals surface area contributed by atoms with E-state index in [4.69, 9.17) is 4.74 Å². The first kappa shape index (κ1) is 20.4. The number of aryl methyl sites for hydroxylation is 2. The van der Waals surface area contributed by atoms with E-state index in [2.05, 4.69) is 5.32 Å². The summed E-state index contributed by atoms with van der Waals surface area (Å²) in [4.78, 5) is 13.0. The van der Waals surface area contributed by atoms with Crippen LogP contribution in [-0.2, 0) is 17.1 Å². The highest BCUT2D eigenvalue weighted by Crippen LogP contribution is 2.27. The van der Waals surface area contributed by atoms with Gasteiger partial charge >= 0.3 is 0 Å². The summed E-state index contributed by atoms with van der Waals surface area (Å²) < 4.78 is 34.3. The summed E-state index contributed by atoms with van der Waals surface area (Å²) in [5.41, 5.74) is 1.87. The molecule has 1 saturated heterocycles. The van der Waals surface area contributed by atoms with E-state index < -0.39 is 10.0 Å². The molecule has 1 aromatic carbocycles. The second kappa shape index (κ2) is 8.36. The van der Waals surface area contributed by atoms with Crippen LogP contribution in [0.4, 0.5) is 5.69 Å². The molecule has 1 aliphatic heterocycles. The lowest BCUT2D eigenvalue weighted by atomic mass is 10.2. The third-order valence-corrected chi connectivity index (χ3v) is 6.63. The topological polar surface area (TPSA) is 80.6 Å². The average Bonchev–Trinajstić information content (AvgIpc) is 3.32. The second-order valence-corrected chi connectivity index (χ2v) is 9.02. The zero-order valence-electron chi connectivity index (χ0n) is 16.6. The Balaban J connectivity index is 1.83. The fourth-order valence-corrected chi connectivity index (χ4v) is 4.82. The summed E-state index contributed by atoms with van der Waals surface area (Å²) in [6.07, 6.45) is 4.09. The highest BCUT2D eigenvalue weighted by atomic mass is 32.2. The molecule has 0 bridgehead atoms. The molecule has 7 nitrogen and oxygen atoms in total. The number of carbonyl (C=O) groups excluding carboxylic acids is 1. The molecule has 1 fully saturated rings. The predicted molar refractivity (Wildman–Crippen MR) is 108 cm³/mol. The third-order valence-electron chi connectivity index (χ3n) is 4.76. The number of amides is 1. The number of anilines is 1. The summed E-state index contributed by atoms with van der Waals surface area (Å²) >= 11 is 0. The smallest absolute Gasteiger partial charge is 0.272 e. The number of hydrogen-bond donors (Lipinski definition) is 1. The number of ether oxygens (including phenoxy) is 1. The molecule has 8 heteroatoms. The highest BCUT2D eigenvalue weighted by Gasteiger charge is 2.29. The summed E-state index contributed by atoms with van der Waals surface area (Å²) in [7, 11) is -1.90. The molecule has 0 spiro atoms. The molecule has 1 aliphatic rings. The number of aromatic nitrogens is 1. The first-order chi connectivity index (χ1) is 13.3. The van der Waals surface area contributed by atoms with Gasteiger partial charge in [-0.15, -0.1) is 0 Å². The summed E-state index contributed by atoms with van der Waals surface area (Å²) in [6.45, 7) is 5.58. The zero-order valence-corrected chi connectivity index (χ0v) is 17.4. The van der Waals surface area contributed by atoms with E-state index >= 15 is 0 Å². The van der Waals surface area contributed by atoms with Gasteiger partial charge in [0.15, 0.2) is 0 Å². The first-order valence-electron chi connectivity index (χ1n) is 9.54. The molecule has 0 atom stereocenters. The van der Waals surface area contributed by atoms with E-state index in [1.54, 1.807) is 17.7 Å². The Hall–Kier alpha value is -2.32. The average molecular weight is 406 g/mol. The maximum absolute atomic E-state index is 12.8. The van der Waals surface area contributed by atoms with Crippen molar-refractivity contribution in [3.05, 3.63) is 41.7 Å². The minimum Gasteiger partial charge on any atom is -0.491 e. The van der Waals surface area contributed by atoms with Gasteiger partial charge in [-0.05, 0) is 49.9 Å². The molecule has 0 unspecified atom stereocenters. The molecule has 0 radical (unpaired) electrons. The van der Waals surface area contributed by atoms with Crippen LogP contribution in [0.25, 0.3) is 0 Å². The largest absolute Gasteiger partial charge is 0.491 e. The summed E-state index contributed by atoms with van der Waals surface area (Å²) in [6, 6.07) is 7.00. The van der Waals surface area contributed by atoms with Crippen molar-refractivity contribution in [3.63, 3.8) is 0 Å². The van der Waals surface area contributed by atoms with Crippen LogP contribution in [0, 0.1) is 6.92 Å². The van der Waals surface area contributed by atoms with Gasteiger partial charge in [0.2, 0.25) is 10.0 Å². The van der Waals surface area contributed by atoms with E-state index in [9.17, 15) is 13.2 Å². The van der Waals surface area contributed by atoms with E-state index in [1.807, 2.05) is 26.0 Å². The fourth-order valence-electron chi connectivity index (χ4n) is 3.23. The van der Waals surface area contributed by atoms with E-state index in [-0.39, 0.29) is 16.5 Å².